The van der Waals surface area contributed by atoms with Crippen LogP contribution in [0.25, 0.3) is 0 Å². The number of halogens is 1. The van der Waals surface area contributed by atoms with Crippen molar-refractivity contribution in [3.8, 4) is 5.75 Å². The van der Waals surface area contributed by atoms with Gasteiger partial charge in [0.05, 0.1) is 0 Å². The molecule has 0 aliphatic rings. The first-order chi connectivity index (χ1) is 6.15. The van der Waals surface area contributed by atoms with Crippen LogP contribution in [0.5, 0.6) is 5.75 Å². The third-order valence-corrected chi connectivity index (χ3v) is 1.98. The number of hydrogen-bond donors (Lipinski definition) is 2. The first-order valence-electron chi connectivity index (χ1n) is 4.39. The molecule has 1 aromatic carbocycles. The van der Waals surface area contributed by atoms with E-state index in [0.717, 1.165) is 18.9 Å². The molecule has 3 N–H and O–H groups in total. The second-order valence-corrected chi connectivity index (χ2v) is 3.10. The van der Waals surface area contributed by atoms with Crippen LogP contribution in [0.3, 0.4) is 0 Å². The van der Waals surface area contributed by atoms with E-state index >= 15 is 0 Å². The molecular formula is C10H14FNO. The Bertz CT molecular complexity index is 288. The normalized spacial score (nSPS) is 12.8. The molecule has 2 nitrogen and oxygen atoms in total. The van der Waals surface area contributed by atoms with Gasteiger partial charge >= 0.3 is 0 Å². The zero-order chi connectivity index (χ0) is 9.84. The smallest absolute Gasteiger partial charge is 0.131 e. The minimum Gasteiger partial charge on any atom is -0.508 e. The lowest BCUT2D eigenvalue weighted by Gasteiger charge is -2.11. The van der Waals surface area contributed by atoms with Crippen LogP contribution in [-0.2, 0) is 0 Å². The topological polar surface area (TPSA) is 46.2 Å². The molecule has 0 saturated heterocycles. The van der Waals surface area contributed by atoms with E-state index in [2.05, 4.69) is 0 Å². The van der Waals surface area contributed by atoms with Gasteiger partial charge in [-0.05, 0) is 12.5 Å². The van der Waals surface area contributed by atoms with Crippen molar-refractivity contribution in [3.63, 3.8) is 0 Å². The predicted molar refractivity (Wildman–Crippen MR) is 49.9 cm³/mol. The first kappa shape index (κ1) is 9.99. The monoisotopic (exact) mass is 183 g/mol. The minimum atomic E-state index is -0.430. The number of aromatic hydroxyl groups is 1. The molecule has 1 atom stereocenters. The van der Waals surface area contributed by atoms with Crippen molar-refractivity contribution in [2.45, 2.75) is 25.8 Å². The van der Waals surface area contributed by atoms with E-state index in [9.17, 15) is 4.39 Å². The van der Waals surface area contributed by atoms with E-state index in [4.69, 9.17) is 10.8 Å². The quantitative estimate of drug-likeness (QED) is 0.755. The van der Waals surface area contributed by atoms with Gasteiger partial charge in [-0.1, -0.05) is 19.4 Å². The zero-order valence-electron chi connectivity index (χ0n) is 7.63. The Morgan fingerprint density at radius 3 is 2.77 bits per heavy atom. The highest BCUT2D eigenvalue weighted by Crippen LogP contribution is 2.22. The molecule has 0 saturated carbocycles. The molecule has 72 valence electrons. The fourth-order valence-corrected chi connectivity index (χ4v) is 1.28. The summed E-state index contributed by atoms with van der Waals surface area (Å²) in [4.78, 5) is 0. The number of phenolic OH excluding ortho intramolecular Hbond substituents is 1. The van der Waals surface area contributed by atoms with E-state index in [-0.39, 0.29) is 11.8 Å². The summed E-state index contributed by atoms with van der Waals surface area (Å²) in [5.41, 5.74) is 6.21. The standard InChI is InChI=1S/C10H14FNO/c1-2-3-10(12)8-5-4-7(13)6-9(8)11/h4-6,10,13H,2-3,12H2,1H3/t10-/m1/s1. The summed E-state index contributed by atoms with van der Waals surface area (Å²) in [6.07, 6.45) is 1.67. The molecule has 0 aromatic heterocycles. The molecule has 0 heterocycles. The Morgan fingerprint density at radius 2 is 2.23 bits per heavy atom. The average molecular weight is 183 g/mol. The molecule has 0 aliphatic heterocycles. The minimum absolute atomic E-state index is 0.0649. The van der Waals surface area contributed by atoms with Gasteiger partial charge in [-0.25, -0.2) is 4.39 Å². The van der Waals surface area contributed by atoms with Gasteiger partial charge in [-0.2, -0.15) is 0 Å². The number of rotatable bonds is 3. The summed E-state index contributed by atoms with van der Waals surface area (Å²) in [5.74, 6) is -0.495. The fourth-order valence-electron chi connectivity index (χ4n) is 1.28. The molecule has 0 aliphatic carbocycles. The van der Waals surface area contributed by atoms with Gasteiger partial charge in [-0.3, -0.25) is 0 Å². The lowest BCUT2D eigenvalue weighted by Crippen LogP contribution is -2.11. The molecule has 0 fully saturated rings. The molecule has 0 radical (unpaired) electrons. The van der Waals surface area contributed by atoms with Crippen molar-refractivity contribution >= 4 is 0 Å². The Kier molecular flexibility index (Phi) is 3.25. The first-order valence-corrected chi connectivity index (χ1v) is 4.39. The van der Waals surface area contributed by atoms with Crippen molar-refractivity contribution in [1.29, 1.82) is 0 Å². The van der Waals surface area contributed by atoms with Crippen molar-refractivity contribution in [2.24, 2.45) is 5.73 Å². The summed E-state index contributed by atoms with van der Waals surface area (Å²) in [6, 6.07) is 3.80. The molecule has 13 heavy (non-hydrogen) atoms. The molecule has 1 aromatic rings. The maximum absolute atomic E-state index is 13.2. The van der Waals surface area contributed by atoms with Crippen LogP contribution >= 0.6 is 0 Å². The third-order valence-electron chi connectivity index (χ3n) is 1.98. The lowest BCUT2D eigenvalue weighted by molar-refractivity contribution is 0.465. The van der Waals surface area contributed by atoms with Gasteiger partial charge in [0.25, 0.3) is 0 Å². The van der Waals surface area contributed by atoms with Gasteiger partial charge < -0.3 is 10.8 Å². The Balaban J connectivity index is 2.88. The van der Waals surface area contributed by atoms with Gasteiger partial charge in [-0.15, -0.1) is 0 Å². The molecule has 0 unspecified atom stereocenters. The molecule has 1 rings (SSSR count). The second-order valence-electron chi connectivity index (χ2n) is 3.10. The van der Waals surface area contributed by atoms with Crippen LogP contribution in [0.15, 0.2) is 18.2 Å². The Labute approximate surface area is 77.2 Å². The van der Waals surface area contributed by atoms with E-state index < -0.39 is 5.82 Å². The predicted octanol–water partition coefficient (Wildman–Crippen LogP) is 2.33. The third kappa shape index (κ3) is 2.42. The van der Waals surface area contributed by atoms with Crippen molar-refractivity contribution in [3.05, 3.63) is 29.6 Å². The maximum Gasteiger partial charge on any atom is 0.131 e. The highest BCUT2D eigenvalue weighted by atomic mass is 19.1. The van der Waals surface area contributed by atoms with Crippen molar-refractivity contribution < 1.29 is 9.50 Å². The van der Waals surface area contributed by atoms with E-state index in [1.54, 1.807) is 0 Å². The van der Waals surface area contributed by atoms with E-state index in [1.165, 1.54) is 12.1 Å². The largest absolute Gasteiger partial charge is 0.508 e. The van der Waals surface area contributed by atoms with Gasteiger partial charge in [0, 0.05) is 17.7 Å². The molecule has 0 amide bonds. The summed E-state index contributed by atoms with van der Waals surface area (Å²) in [5, 5.41) is 8.97. The summed E-state index contributed by atoms with van der Waals surface area (Å²) >= 11 is 0. The number of benzene rings is 1. The van der Waals surface area contributed by atoms with Crippen molar-refractivity contribution in [1.82, 2.24) is 0 Å². The SMILES string of the molecule is CCC[C@@H](N)c1ccc(O)cc1F. The van der Waals surface area contributed by atoms with Crippen LogP contribution < -0.4 is 5.73 Å². The highest BCUT2D eigenvalue weighted by molar-refractivity contribution is 5.29. The van der Waals surface area contributed by atoms with Crippen molar-refractivity contribution in [2.75, 3.05) is 0 Å². The summed E-state index contributed by atoms with van der Waals surface area (Å²) < 4.78 is 13.2. The van der Waals surface area contributed by atoms with Crippen LogP contribution in [0, 0.1) is 5.82 Å². The van der Waals surface area contributed by atoms with Crippen LogP contribution in [0.2, 0.25) is 0 Å². The van der Waals surface area contributed by atoms with Gasteiger partial charge in [0.15, 0.2) is 0 Å². The molecule has 0 bridgehead atoms. The molecular weight excluding hydrogens is 169 g/mol. The zero-order valence-corrected chi connectivity index (χ0v) is 7.63. The van der Waals surface area contributed by atoms with Gasteiger partial charge in [0.1, 0.15) is 11.6 Å². The van der Waals surface area contributed by atoms with E-state index in [0.29, 0.717) is 5.56 Å². The van der Waals surface area contributed by atoms with E-state index in [1.807, 2.05) is 6.92 Å². The Hall–Kier alpha value is -1.09. The second kappa shape index (κ2) is 4.23. The fraction of sp³-hybridized carbons (Fsp3) is 0.400. The molecule has 0 spiro atoms. The van der Waals surface area contributed by atoms with Gasteiger partial charge in [0.2, 0.25) is 0 Å². The number of phenols is 1. The number of hydrogen-bond acceptors (Lipinski definition) is 2. The lowest BCUT2D eigenvalue weighted by atomic mass is 10.0. The number of nitrogens with two attached hydrogens (primary N) is 1. The maximum atomic E-state index is 13.2. The average Bonchev–Trinajstić information content (AvgIpc) is 2.04. The summed E-state index contributed by atoms with van der Waals surface area (Å²) in [6.45, 7) is 2.00. The Morgan fingerprint density at radius 1 is 1.54 bits per heavy atom. The highest BCUT2D eigenvalue weighted by Gasteiger charge is 2.10. The van der Waals surface area contributed by atoms with Crippen LogP contribution in [-0.4, -0.2) is 5.11 Å². The van der Waals surface area contributed by atoms with Crippen LogP contribution in [0.1, 0.15) is 31.4 Å². The summed E-state index contributed by atoms with van der Waals surface area (Å²) in [7, 11) is 0. The molecule has 3 heteroatoms. The van der Waals surface area contributed by atoms with Crippen LogP contribution in [0.4, 0.5) is 4.39 Å².